The Morgan fingerprint density at radius 1 is 0.812 bits per heavy atom. The van der Waals surface area contributed by atoms with E-state index >= 15 is 0 Å². The SMILES string of the molecule is C/C=C/C(=O)OC[C@H](OC(=O)/C=C/C)[C@H]1OC(=O)C(OC(=O)/C=C/C)=C1OC(=O)/C=C/C. The Bertz CT molecular complexity index is 888. The highest BCUT2D eigenvalue weighted by atomic mass is 16.7. The molecule has 1 heterocycles. The summed E-state index contributed by atoms with van der Waals surface area (Å²) in [5.74, 6) is -5.76. The molecule has 0 aliphatic carbocycles. The minimum absolute atomic E-state index is 0.503. The lowest BCUT2D eigenvalue weighted by atomic mass is 10.1. The van der Waals surface area contributed by atoms with Crippen molar-refractivity contribution in [3.63, 3.8) is 0 Å². The number of carbonyl (C=O) groups excluding carboxylic acids is 5. The van der Waals surface area contributed by atoms with Crippen molar-refractivity contribution in [1.82, 2.24) is 0 Å². The fraction of sp³-hybridized carbons (Fsp3) is 0.318. The second-order valence-electron chi connectivity index (χ2n) is 5.97. The molecule has 0 saturated carbocycles. The topological polar surface area (TPSA) is 132 Å². The molecule has 172 valence electrons. The molecule has 0 unspecified atom stereocenters. The second kappa shape index (κ2) is 13.4. The monoisotopic (exact) mass is 448 g/mol. The molecular weight excluding hydrogens is 424 g/mol. The van der Waals surface area contributed by atoms with Crippen molar-refractivity contribution in [2.45, 2.75) is 39.9 Å². The van der Waals surface area contributed by atoms with Crippen LogP contribution in [-0.4, -0.2) is 48.7 Å². The van der Waals surface area contributed by atoms with Crippen LogP contribution in [0.25, 0.3) is 0 Å². The molecule has 0 amide bonds. The maximum absolute atomic E-state index is 12.4. The number of cyclic esters (lactones) is 1. The zero-order chi connectivity index (χ0) is 24.1. The van der Waals surface area contributed by atoms with E-state index in [1.54, 1.807) is 27.7 Å². The lowest BCUT2D eigenvalue weighted by Crippen LogP contribution is -2.38. The quantitative estimate of drug-likeness (QED) is 0.278. The van der Waals surface area contributed by atoms with Gasteiger partial charge in [0.05, 0.1) is 0 Å². The summed E-state index contributed by atoms with van der Waals surface area (Å²) in [5.41, 5.74) is 0. The van der Waals surface area contributed by atoms with Gasteiger partial charge in [-0.2, -0.15) is 0 Å². The largest absolute Gasteiger partial charge is 0.458 e. The van der Waals surface area contributed by atoms with Gasteiger partial charge in [0.1, 0.15) is 6.61 Å². The van der Waals surface area contributed by atoms with Crippen LogP contribution in [0.3, 0.4) is 0 Å². The Balaban J connectivity index is 3.36. The molecular formula is C22H24O10. The van der Waals surface area contributed by atoms with Crippen LogP contribution in [-0.2, 0) is 47.7 Å². The van der Waals surface area contributed by atoms with Crippen LogP contribution in [0.2, 0.25) is 0 Å². The van der Waals surface area contributed by atoms with Crippen molar-refractivity contribution in [2.24, 2.45) is 0 Å². The Hall–Kier alpha value is -3.95. The van der Waals surface area contributed by atoms with Crippen molar-refractivity contribution in [3.05, 3.63) is 60.1 Å². The lowest BCUT2D eigenvalue weighted by Gasteiger charge is -2.23. The fourth-order valence-corrected chi connectivity index (χ4v) is 2.30. The van der Waals surface area contributed by atoms with E-state index in [1.807, 2.05) is 0 Å². The molecule has 0 N–H and O–H groups in total. The first-order valence-corrected chi connectivity index (χ1v) is 9.54. The molecule has 0 fully saturated rings. The maximum Gasteiger partial charge on any atom is 0.379 e. The smallest absolute Gasteiger partial charge is 0.379 e. The molecule has 0 aromatic carbocycles. The Morgan fingerprint density at radius 3 is 1.88 bits per heavy atom. The molecule has 0 radical (unpaired) electrons. The Kier molecular flexibility index (Phi) is 10.9. The molecule has 32 heavy (non-hydrogen) atoms. The number of hydrogen-bond donors (Lipinski definition) is 0. The first-order valence-electron chi connectivity index (χ1n) is 9.54. The van der Waals surface area contributed by atoms with Gasteiger partial charge >= 0.3 is 29.8 Å². The van der Waals surface area contributed by atoms with E-state index in [0.29, 0.717) is 0 Å². The van der Waals surface area contributed by atoms with E-state index in [1.165, 1.54) is 24.3 Å². The molecule has 1 aliphatic rings. The summed E-state index contributed by atoms with van der Waals surface area (Å²) in [4.78, 5) is 60.0. The molecule has 10 heteroatoms. The Labute approximate surface area is 184 Å². The standard InChI is InChI=1S/C22H24O10/c1-5-9-15(23)28-13-14(29-16(24)10-6-2)19-20(30-17(25)11-7-3)21(22(27)32-19)31-18(26)12-8-4/h5-12,14,19H,13H2,1-4H3/b9-5+,10-6+,11-7+,12-8+/t14-,19+/m0/s1. The predicted molar refractivity (Wildman–Crippen MR) is 109 cm³/mol. The van der Waals surface area contributed by atoms with Crippen LogP contribution >= 0.6 is 0 Å². The normalized spacial score (nSPS) is 17.2. The summed E-state index contributed by atoms with van der Waals surface area (Å²) >= 11 is 0. The molecule has 10 nitrogen and oxygen atoms in total. The van der Waals surface area contributed by atoms with Crippen molar-refractivity contribution >= 4 is 29.8 Å². The number of hydrogen-bond acceptors (Lipinski definition) is 10. The molecule has 1 rings (SSSR count). The number of carbonyl (C=O) groups is 5. The minimum atomic E-state index is -1.53. The van der Waals surface area contributed by atoms with Crippen molar-refractivity contribution in [1.29, 1.82) is 0 Å². The summed E-state index contributed by atoms with van der Waals surface area (Å²) in [6.07, 6.45) is 6.92. The summed E-state index contributed by atoms with van der Waals surface area (Å²) in [6, 6.07) is 0. The van der Waals surface area contributed by atoms with Gasteiger partial charge in [-0.25, -0.2) is 24.0 Å². The summed E-state index contributed by atoms with van der Waals surface area (Å²) in [7, 11) is 0. The van der Waals surface area contributed by atoms with Crippen LogP contribution < -0.4 is 0 Å². The van der Waals surface area contributed by atoms with Gasteiger partial charge in [0.25, 0.3) is 5.76 Å². The summed E-state index contributed by atoms with van der Waals surface area (Å²) in [6.45, 7) is 5.72. The maximum atomic E-state index is 12.4. The predicted octanol–water partition coefficient (Wildman–Crippen LogP) is 1.97. The first kappa shape index (κ1) is 26.1. The lowest BCUT2D eigenvalue weighted by molar-refractivity contribution is -0.167. The van der Waals surface area contributed by atoms with E-state index < -0.39 is 60.2 Å². The third-order valence-electron chi connectivity index (χ3n) is 3.52. The summed E-state index contributed by atoms with van der Waals surface area (Å²) in [5, 5.41) is 0. The highest BCUT2D eigenvalue weighted by Gasteiger charge is 2.46. The van der Waals surface area contributed by atoms with Crippen molar-refractivity contribution in [2.75, 3.05) is 6.61 Å². The van der Waals surface area contributed by atoms with Crippen molar-refractivity contribution in [3.8, 4) is 0 Å². The van der Waals surface area contributed by atoms with Gasteiger partial charge < -0.3 is 23.7 Å². The Morgan fingerprint density at radius 2 is 1.31 bits per heavy atom. The van der Waals surface area contributed by atoms with Gasteiger partial charge in [-0.05, 0) is 27.7 Å². The zero-order valence-electron chi connectivity index (χ0n) is 18.1. The second-order valence-corrected chi connectivity index (χ2v) is 5.97. The average molecular weight is 448 g/mol. The van der Waals surface area contributed by atoms with Crippen LogP contribution in [0, 0.1) is 0 Å². The minimum Gasteiger partial charge on any atom is -0.458 e. The highest BCUT2D eigenvalue weighted by Crippen LogP contribution is 2.29. The van der Waals surface area contributed by atoms with E-state index in [-0.39, 0.29) is 0 Å². The van der Waals surface area contributed by atoms with E-state index in [9.17, 15) is 24.0 Å². The van der Waals surface area contributed by atoms with Gasteiger partial charge in [0, 0.05) is 24.3 Å². The van der Waals surface area contributed by atoms with Gasteiger partial charge in [-0.3, -0.25) is 0 Å². The number of allylic oxidation sites excluding steroid dienone is 4. The van der Waals surface area contributed by atoms with Gasteiger partial charge in [-0.1, -0.05) is 24.3 Å². The molecule has 0 spiro atoms. The molecule has 0 bridgehead atoms. The van der Waals surface area contributed by atoms with E-state index in [4.69, 9.17) is 23.7 Å². The summed E-state index contributed by atoms with van der Waals surface area (Å²) < 4.78 is 25.5. The highest BCUT2D eigenvalue weighted by molar-refractivity contribution is 5.95. The van der Waals surface area contributed by atoms with E-state index in [2.05, 4.69) is 0 Å². The molecule has 2 atom stereocenters. The molecule has 0 aromatic rings. The fourth-order valence-electron chi connectivity index (χ4n) is 2.30. The van der Waals surface area contributed by atoms with Crippen LogP contribution in [0.4, 0.5) is 0 Å². The number of ether oxygens (including phenoxy) is 5. The van der Waals surface area contributed by atoms with Gasteiger partial charge in [0.15, 0.2) is 6.10 Å². The molecule has 0 aromatic heterocycles. The average Bonchev–Trinajstić information content (AvgIpc) is 3.01. The van der Waals surface area contributed by atoms with Crippen LogP contribution in [0.5, 0.6) is 0 Å². The third-order valence-corrected chi connectivity index (χ3v) is 3.52. The van der Waals surface area contributed by atoms with Gasteiger partial charge in [-0.15, -0.1) is 0 Å². The van der Waals surface area contributed by atoms with Gasteiger partial charge in [0.2, 0.25) is 11.9 Å². The van der Waals surface area contributed by atoms with Crippen LogP contribution in [0.1, 0.15) is 27.7 Å². The molecule has 0 saturated heterocycles. The first-order chi connectivity index (χ1) is 15.3. The number of rotatable bonds is 10. The van der Waals surface area contributed by atoms with E-state index in [0.717, 1.165) is 24.3 Å². The van der Waals surface area contributed by atoms with Crippen molar-refractivity contribution < 1.29 is 47.7 Å². The zero-order valence-corrected chi connectivity index (χ0v) is 18.1. The number of esters is 5. The molecule has 1 aliphatic heterocycles. The van der Waals surface area contributed by atoms with Crippen LogP contribution in [0.15, 0.2) is 60.1 Å². The third kappa shape index (κ3) is 8.05.